The summed E-state index contributed by atoms with van der Waals surface area (Å²) >= 11 is 0. The molecule has 5 nitrogen and oxygen atoms in total. The van der Waals surface area contributed by atoms with E-state index in [9.17, 15) is 14.4 Å². The Morgan fingerprint density at radius 3 is 1.72 bits per heavy atom. The topological polar surface area (TPSA) is 75.3 Å². The third-order valence-corrected chi connectivity index (χ3v) is 4.60. The minimum Gasteiger partial charge on any atom is -0.322 e. The molecular weight excluding hydrogens is 364 g/mol. The van der Waals surface area contributed by atoms with Crippen molar-refractivity contribution in [2.75, 3.05) is 10.6 Å². The number of hydrogen-bond donors (Lipinski definition) is 2. The molecule has 0 radical (unpaired) electrons. The van der Waals surface area contributed by atoms with Gasteiger partial charge in [0.05, 0.1) is 0 Å². The predicted molar refractivity (Wildman–Crippen MR) is 115 cm³/mol. The highest BCUT2D eigenvalue weighted by Gasteiger charge is 2.11. The summed E-state index contributed by atoms with van der Waals surface area (Å²) in [6, 6.07) is 19.0. The predicted octanol–water partition coefficient (Wildman–Crippen LogP) is 5.01. The summed E-state index contributed by atoms with van der Waals surface area (Å²) in [5.74, 6) is -0.551. The highest BCUT2D eigenvalue weighted by atomic mass is 16.2. The van der Waals surface area contributed by atoms with Gasteiger partial charge < -0.3 is 10.6 Å². The Hall–Kier alpha value is -3.73. The molecule has 146 valence electrons. The van der Waals surface area contributed by atoms with Crippen LogP contribution in [0.3, 0.4) is 0 Å². The molecule has 0 heterocycles. The number of Topliss-reactive ketones (excluding diaryl/α,β-unsaturated/α-hetero) is 1. The molecule has 0 atom stereocenters. The van der Waals surface area contributed by atoms with Gasteiger partial charge in [0.25, 0.3) is 11.8 Å². The van der Waals surface area contributed by atoms with E-state index in [0.29, 0.717) is 22.4 Å². The lowest BCUT2D eigenvalue weighted by atomic mass is 10.1. The first-order chi connectivity index (χ1) is 13.8. The summed E-state index contributed by atoms with van der Waals surface area (Å²) in [5, 5.41) is 5.68. The van der Waals surface area contributed by atoms with Crippen molar-refractivity contribution in [1.29, 1.82) is 0 Å². The third-order valence-electron chi connectivity index (χ3n) is 4.60. The second kappa shape index (κ2) is 8.52. The Bertz CT molecular complexity index is 1070. The average Bonchev–Trinajstić information content (AvgIpc) is 2.71. The largest absolute Gasteiger partial charge is 0.322 e. The summed E-state index contributed by atoms with van der Waals surface area (Å²) in [4.78, 5) is 36.2. The number of carbonyl (C=O) groups is 3. The third kappa shape index (κ3) is 4.96. The van der Waals surface area contributed by atoms with Gasteiger partial charge in [-0.3, -0.25) is 14.4 Å². The number of anilines is 2. The summed E-state index contributed by atoms with van der Waals surface area (Å²) in [6.45, 7) is 5.40. The maximum atomic E-state index is 12.5. The van der Waals surface area contributed by atoms with Crippen molar-refractivity contribution >= 4 is 29.0 Å². The standard InChI is InChI=1S/C24H22N2O3/c1-15-4-5-16(2)22(14-15)26-24(29)20-8-6-19(7-9-20)23(28)25-21-12-10-18(11-13-21)17(3)27/h4-14H,1-3H3,(H,25,28)(H,26,29). The molecule has 0 aliphatic carbocycles. The molecule has 0 bridgehead atoms. The van der Waals surface area contributed by atoms with Gasteiger partial charge in [-0.2, -0.15) is 0 Å². The molecule has 3 rings (SSSR count). The van der Waals surface area contributed by atoms with Gasteiger partial charge in [-0.05, 0) is 86.5 Å². The second-order valence-electron chi connectivity index (χ2n) is 6.94. The number of amides is 2. The highest BCUT2D eigenvalue weighted by molar-refractivity contribution is 6.07. The molecule has 3 aromatic carbocycles. The van der Waals surface area contributed by atoms with Crippen molar-refractivity contribution in [3.63, 3.8) is 0 Å². The zero-order valence-corrected chi connectivity index (χ0v) is 16.6. The highest BCUT2D eigenvalue weighted by Crippen LogP contribution is 2.18. The van der Waals surface area contributed by atoms with Gasteiger partial charge in [-0.1, -0.05) is 12.1 Å². The molecule has 0 aliphatic rings. The number of aryl methyl sites for hydroxylation is 2. The zero-order chi connectivity index (χ0) is 21.0. The summed E-state index contributed by atoms with van der Waals surface area (Å²) in [6.07, 6.45) is 0. The van der Waals surface area contributed by atoms with Gasteiger partial charge in [0.1, 0.15) is 0 Å². The number of carbonyl (C=O) groups excluding carboxylic acids is 3. The summed E-state index contributed by atoms with van der Waals surface area (Å²) in [7, 11) is 0. The van der Waals surface area contributed by atoms with Crippen LogP contribution in [-0.4, -0.2) is 17.6 Å². The molecule has 0 unspecified atom stereocenters. The smallest absolute Gasteiger partial charge is 0.255 e. The van der Waals surface area contributed by atoms with Gasteiger partial charge in [0, 0.05) is 28.1 Å². The first-order valence-corrected chi connectivity index (χ1v) is 9.24. The SMILES string of the molecule is CC(=O)c1ccc(NC(=O)c2ccc(C(=O)Nc3cc(C)ccc3C)cc2)cc1. The maximum Gasteiger partial charge on any atom is 0.255 e. The number of benzene rings is 3. The number of ketones is 1. The Kier molecular flexibility index (Phi) is 5.88. The molecule has 0 saturated heterocycles. The molecule has 0 fully saturated rings. The Balaban J connectivity index is 1.67. The molecule has 5 heteroatoms. The number of nitrogens with one attached hydrogen (secondary N) is 2. The molecule has 0 saturated carbocycles. The monoisotopic (exact) mass is 386 g/mol. The lowest BCUT2D eigenvalue weighted by Gasteiger charge is -2.10. The van der Waals surface area contributed by atoms with Crippen molar-refractivity contribution in [2.45, 2.75) is 20.8 Å². The second-order valence-corrected chi connectivity index (χ2v) is 6.94. The molecule has 3 aromatic rings. The average molecular weight is 386 g/mol. The minimum atomic E-state index is -0.290. The molecule has 2 amide bonds. The van der Waals surface area contributed by atoms with E-state index in [2.05, 4.69) is 10.6 Å². The normalized spacial score (nSPS) is 10.3. The van der Waals surface area contributed by atoms with Crippen LogP contribution in [-0.2, 0) is 0 Å². The van der Waals surface area contributed by atoms with E-state index in [0.717, 1.165) is 16.8 Å². The van der Waals surface area contributed by atoms with Crippen molar-refractivity contribution < 1.29 is 14.4 Å². The molecule has 2 N–H and O–H groups in total. The first-order valence-electron chi connectivity index (χ1n) is 9.24. The first kappa shape index (κ1) is 20.0. The lowest BCUT2D eigenvalue weighted by Crippen LogP contribution is -2.15. The van der Waals surface area contributed by atoms with Crippen LogP contribution >= 0.6 is 0 Å². The maximum absolute atomic E-state index is 12.5. The van der Waals surface area contributed by atoms with Gasteiger partial charge in [-0.15, -0.1) is 0 Å². The molecule has 0 aromatic heterocycles. The Morgan fingerprint density at radius 1 is 0.655 bits per heavy atom. The van der Waals surface area contributed by atoms with Gasteiger partial charge in [-0.25, -0.2) is 0 Å². The Labute approximate surface area is 169 Å². The van der Waals surface area contributed by atoms with Gasteiger partial charge >= 0.3 is 0 Å². The van der Waals surface area contributed by atoms with Crippen LogP contribution in [0.15, 0.2) is 66.7 Å². The summed E-state index contributed by atoms with van der Waals surface area (Å²) < 4.78 is 0. The number of hydrogen-bond acceptors (Lipinski definition) is 3. The minimum absolute atomic E-state index is 0.0300. The van der Waals surface area contributed by atoms with Crippen molar-refractivity contribution in [2.24, 2.45) is 0 Å². The van der Waals surface area contributed by atoms with Crippen LogP contribution < -0.4 is 10.6 Å². The number of rotatable bonds is 5. The van der Waals surface area contributed by atoms with Gasteiger partial charge in [0.15, 0.2) is 5.78 Å². The van der Waals surface area contributed by atoms with E-state index in [4.69, 9.17) is 0 Å². The Morgan fingerprint density at radius 2 is 1.17 bits per heavy atom. The van der Waals surface area contributed by atoms with Crippen LogP contribution in [0.1, 0.15) is 49.1 Å². The van der Waals surface area contributed by atoms with Crippen molar-refractivity contribution in [3.8, 4) is 0 Å². The molecular formula is C24H22N2O3. The van der Waals surface area contributed by atoms with E-state index in [1.165, 1.54) is 6.92 Å². The van der Waals surface area contributed by atoms with Crippen LogP contribution in [0.2, 0.25) is 0 Å². The fraction of sp³-hybridized carbons (Fsp3) is 0.125. The zero-order valence-electron chi connectivity index (χ0n) is 16.6. The van der Waals surface area contributed by atoms with Crippen LogP contribution in [0, 0.1) is 13.8 Å². The van der Waals surface area contributed by atoms with Crippen molar-refractivity contribution in [1.82, 2.24) is 0 Å². The van der Waals surface area contributed by atoms with E-state index in [-0.39, 0.29) is 17.6 Å². The quantitative estimate of drug-likeness (QED) is 0.605. The van der Waals surface area contributed by atoms with Crippen LogP contribution in [0.25, 0.3) is 0 Å². The van der Waals surface area contributed by atoms with E-state index >= 15 is 0 Å². The van der Waals surface area contributed by atoms with Crippen LogP contribution in [0.5, 0.6) is 0 Å². The van der Waals surface area contributed by atoms with E-state index < -0.39 is 0 Å². The van der Waals surface area contributed by atoms with E-state index in [1.54, 1.807) is 48.5 Å². The fourth-order valence-corrected chi connectivity index (χ4v) is 2.83. The van der Waals surface area contributed by atoms with Crippen LogP contribution in [0.4, 0.5) is 11.4 Å². The van der Waals surface area contributed by atoms with Crippen molar-refractivity contribution in [3.05, 3.63) is 94.5 Å². The van der Waals surface area contributed by atoms with Gasteiger partial charge in [0.2, 0.25) is 0 Å². The fourth-order valence-electron chi connectivity index (χ4n) is 2.83. The molecule has 0 spiro atoms. The summed E-state index contributed by atoms with van der Waals surface area (Å²) in [5.41, 5.74) is 4.90. The molecule has 29 heavy (non-hydrogen) atoms. The molecule has 0 aliphatic heterocycles. The lowest BCUT2D eigenvalue weighted by molar-refractivity contribution is 0.101. The van der Waals surface area contributed by atoms with E-state index in [1.807, 2.05) is 32.0 Å².